The summed E-state index contributed by atoms with van der Waals surface area (Å²) in [4.78, 5) is 25.4. The van der Waals surface area contributed by atoms with E-state index in [9.17, 15) is 14.0 Å². The van der Waals surface area contributed by atoms with Crippen molar-refractivity contribution >= 4 is 50.9 Å². The predicted molar refractivity (Wildman–Crippen MR) is 125 cm³/mol. The predicted octanol–water partition coefficient (Wildman–Crippen LogP) is 5.73. The number of halogens is 2. The van der Waals surface area contributed by atoms with Gasteiger partial charge in [-0.15, -0.1) is 11.8 Å². The van der Waals surface area contributed by atoms with Gasteiger partial charge in [-0.1, -0.05) is 40.2 Å². The van der Waals surface area contributed by atoms with Gasteiger partial charge in [0.15, 0.2) is 6.61 Å². The largest absolute Gasteiger partial charge is 0.484 e. The molecule has 2 N–H and O–H groups in total. The number of thioether (sulfide) groups is 1. The molecule has 31 heavy (non-hydrogen) atoms. The normalized spacial score (nSPS) is 11.5. The zero-order valence-electron chi connectivity index (χ0n) is 16.6. The molecule has 8 heteroatoms. The molecule has 0 saturated carbocycles. The van der Waals surface area contributed by atoms with Gasteiger partial charge in [0.05, 0.1) is 10.9 Å². The van der Waals surface area contributed by atoms with E-state index in [0.29, 0.717) is 15.9 Å². The van der Waals surface area contributed by atoms with E-state index in [4.69, 9.17) is 4.74 Å². The summed E-state index contributed by atoms with van der Waals surface area (Å²) in [7, 11) is 0. The maximum Gasteiger partial charge on any atom is 0.262 e. The second-order valence-electron chi connectivity index (χ2n) is 6.55. The van der Waals surface area contributed by atoms with E-state index in [1.165, 1.54) is 23.9 Å². The van der Waals surface area contributed by atoms with E-state index >= 15 is 0 Å². The fourth-order valence-electron chi connectivity index (χ4n) is 2.59. The summed E-state index contributed by atoms with van der Waals surface area (Å²) in [5, 5.41) is 4.89. The Balaban J connectivity index is 1.54. The van der Waals surface area contributed by atoms with Gasteiger partial charge in [-0.3, -0.25) is 9.59 Å². The summed E-state index contributed by atoms with van der Waals surface area (Å²) >= 11 is 4.49. The van der Waals surface area contributed by atoms with Crippen LogP contribution < -0.4 is 15.4 Å². The smallest absolute Gasteiger partial charge is 0.262 e. The van der Waals surface area contributed by atoms with E-state index in [-0.39, 0.29) is 24.1 Å². The van der Waals surface area contributed by atoms with Crippen LogP contribution in [0.5, 0.6) is 5.75 Å². The number of carbonyl (C=O) groups is 2. The monoisotopic (exact) mass is 502 g/mol. The number of hydrogen-bond acceptors (Lipinski definition) is 4. The Morgan fingerprint density at radius 3 is 2.55 bits per heavy atom. The number of para-hydroxylation sites is 1. The molecule has 0 aromatic heterocycles. The summed E-state index contributed by atoms with van der Waals surface area (Å²) in [6, 6.07) is 20.7. The molecule has 0 bridgehead atoms. The molecule has 0 aliphatic heterocycles. The van der Waals surface area contributed by atoms with Gasteiger partial charge in [0.1, 0.15) is 11.6 Å². The lowest BCUT2D eigenvalue weighted by Gasteiger charge is -2.14. The first-order valence-electron chi connectivity index (χ1n) is 9.41. The van der Waals surface area contributed by atoms with Gasteiger partial charge < -0.3 is 15.4 Å². The minimum Gasteiger partial charge on any atom is -0.484 e. The van der Waals surface area contributed by atoms with Gasteiger partial charge in [0.2, 0.25) is 5.91 Å². The van der Waals surface area contributed by atoms with Crippen molar-refractivity contribution in [3.05, 3.63) is 83.1 Å². The van der Waals surface area contributed by atoms with Crippen molar-refractivity contribution in [2.24, 2.45) is 0 Å². The first-order chi connectivity index (χ1) is 14.9. The number of ether oxygens (including phenoxy) is 1. The highest BCUT2D eigenvalue weighted by Crippen LogP contribution is 2.27. The lowest BCUT2D eigenvalue weighted by molar-refractivity contribution is -0.118. The quantitative estimate of drug-likeness (QED) is 0.386. The van der Waals surface area contributed by atoms with Crippen LogP contribution >= 0.6 is 27.7 Å². The molecule has 160 valence electrons. The third-order valence-corrected chi connectivity index (χ3v) is 5.69. The Kier molecular flexibility index (Phi) is 8.08. The Labute approximate surface area is 192 Å². The number of nitrogens with one attached hydrogen (secondary N) is 2. The van der Waals surface area contributed by atoms with Crippen molar-refractivity contribution in [1.82, 2.24) is 0 Å². The Bertz CT molecular complexity index is 1070. The molecule has 0 aliphatic rings. The molecule has 0 aliphatic carbocycles. The van der Waals surface area contributed by atoms with Crippen molar-refractivity contribution in [2.75, 3.05) is 17.2 Å². The molecule has 2 amide bonds. The molecule has 3 aromatic rings. The fraction of sp³-hybridized carbons (Fsp3) is 0.130. The van der Waals surface area contributed by atoms with Gasteiger partial charge in [0.25, 0.3) is 5.91 Å². The van der Waals surface area contributed by atoms with Crippen LogP contribution in [0.15, 0.2) is 82.2 Å². The summed E-state index contributed by atoms with van der Waals surface area (Å²) in [5.41, 5.74) is 0.721. The molecular formula is C23H20BrFN2O3S. The number of hydrogen-bond donors (Lipinski definition) is 2. The second kappa shape index (κ2) is 11.0. The summed E-state index contributed by atoms with van der Waals surface area (Å²) in [6.07, 6.45) is 0. The van der Waals surface area contributed by atoms with Gasteiger partial charge in [0, 0.05) is 15.1 Å². The minimum absolute atomic E-state index is 0.112. The van der Waals surface area contributed by atoms with Crippen LogP contribution in [0, 0.1) is 5.82 Å². The van der Waals surface area contributed by atoms with Crippen molar-refractivity contribution < 1.29 is 18.7 Å². The molecule has 3 aromatic carbocycles. The molecule has 0 heterocycles. The summed E-state index contributed by atoms with van der Waals surface area (Å²) in [6.45, 7) is 1.62. The van der Waals surface area contributed by atoms with Crippen LogP contribution in [0.25, 0.3) is 0 Å². The third-order valence-electron chi connectivity index (χ3n) is 4.10. The first kappa shape index (κ1) is 22.8. The van der Waals surface area contributed by atoms with Crippen LogP contribution in [0.2, 0.25) is 0 Å². The highest BCUT2D eigenvalue weighted by molar-refractivity contribution is 9.10. The fourth-order valence-corrected chi connectivity index (χ4v) is 3.85. The average molecular weight is 503 g/mol. The van der Waals surface area contributed by atoms with E-state index in [2.05, 4.69) is 26.6 Å². The highest BCUT2D eigenvalue weighted by Gasteiger charge is 2.17. The summed E-state index contributed by atoms with van der Waals surface area (Å²) < 4.78 is 20.0. The summed E-state index contributed by atoms with van der Waals surface area (Å²) in [5.74, 6) is -0.509. The van der Waals surface area contributed by atoms with Crippen LogP contribution in [-0.2, 0) is 9.59 Å². The Morgan fingerprint density at radius 2 is 1.81 bits per heavy atom. The molecule has 1 unspecified atom stereocenters. The number of carbonyl (C=O) groups excluding carboxylic acids is 2. The lowest BCUT2D eigenvalue weighted by atomic mass is 10.3. The van der Waals surface area contributed by atoms with Crippen molar-refractivity contribution in [3.63, 3.8) is 0 Å². The van der Waals surface area contributed by atoms with Crippen molar-refractivity contribution in [2.45, 2.75) is 17.1 Å². The van der Waals surface area contributed by atoms with Crippen LogP contribution in [-0.4, -0.2) is 23.7 Å². The lowest BCUT2D eigenvalue weighted by Crippen LogP contribution is -2.23. The van der Waals surface area contributed by atoms with Crippen LogP contribution in [0.1, 0.15) is 6.92 Å². The number of amides is 2. The van der Waals surface area contributed by atoms with E-state index in [1.54, 1.807) is 43.3 Å². The molecule has 1 atom stereocenters. The molecule has 0 saturated heterocycles. The van der Waals surface area contributed by atoms with Gasteiger partial charge in [-0.25, -0.2) is 4.39 Å². The van der Waals surface area contributed by atoms with Gasteiger partial charge in [-0.2, -0.15) is 0 Å². The molecule has 0 fully saturated rings. The molecular weight excluding hydrogens is 483 g/mol. The average Bonchev–Trinajstić information content (AvgIpc) is 2.75. The molecule has 0 spiro atoms. The molecule has 5 nitrogen and oxygen atoms in total. The second-order valence-corrected chi connectivity index (χ2v) is 8.88. The van der Waals surface area contributed by atoms with Crippen LogP contribution in [0.3, 0.4) is 0 Å². The van der Waals surface area contributed by atoms with Gasteiger partial charge in [-0.05, 0) is 55.5 Å². The zero-order chi connectivity index (χ0) is 22.2. The van der Waals surface area contributed by atoms with E-state index < -0.39 is 11.1 Å². The number of benzene rings is 3. The highest BCUT2D eigenvalue weighted by atomic mass is 79.9. The van der Waals surface area contributed by atoms with E-state index in [0.717, 1.165) is 4.90 Å². The van der Waals surface area contributed by atoms with Crippen molar-refractivity contribution in [3.8, 4) is 5.75 Å². The molecule has 3 rings (SSSR count). The molecule has 0 radical (unpaired) electrons. The van der Waals surface area contributed by atoms with Crippen molar-refractivity contribution in [1.29, 1.82) is 0 Å². The minimum atomic E-state index is -0.512. The SMILES string of the molecule is CC(Sc1cccc(NC(=O)COc2ccccc2)c1)C(=O)Nc1ccc(Br)cc1F. The van der Waals surface area contributed by atoms with Gasteiger partial charge >= 0.3 is 0 Å². The Morgan fingerprint density at radius 1 is 1.03 bits per heavy atom. The maximum atomic E-state index is 13.9. The van der Waals surface area contributed by atoms with Crippen LogP contribution in [0.4, 0.5) is 15.8 Å². The number of rotatable bonds is 8. The maximum absolute atomic E-state index is 13.9. The van der Waals surface area contributed by atoms with E-state index in [1.807, 2.05) is 24.3 Å². The topological polar surface area (TPSA) is 67.4 Å². The standard InChI is InChI=1S/C23H20BrFN2O3S/c1-15(23(29)27-21-11-10-16(24)12-20(21)25)31-19-9-5-6-17(13-19)26-22(28)14-30-18-7-3-2-4-8-18/h2-13,15H,14H2,1H3,(H,26,28)(H,27,29). The Hall–Kier alpha value is -2.84. The zero-order valence-corrected chi connectivity index (χ0v) is 19.0. The number of anilines is 2. The third kappa shape index (κ3) is 7.11. The first-order valence-corrected chi connectivity index (χ1v) is 11.1.